The molecule has 0 unspecified atom stereocenters. The summed E-state index contributed by atoms with van der Waals surface area (Å²) in [5.74, 6) is 0.439. The van der Waals surface area contributed by atoms with Crippen molar-refractivity contribution in [1.82, 2.24) is 10.2 Å². The van der Waals surface area contributed by atoms with Crippen LogP contribution < -0.4 is 5.32 Å². The number of piperazine rings is 1. The molecule has 116 valence electrons. The lowest BCUT2D eigenvalue weighted by atomic mass is 9.97. The van der Waals surface area contributed by atoms with E-state index in [2.05, 4.69) is 29.3 Å². The van der Waals surface area contributed by atoms with Gasteiger partial charge in [0.2, 0.25) is 0 Å². The molecule has 0 bridgehead atoms. The zero-order valence-electron chi connectivity index (χ0n) is 12.5. The molecule has 1 heterocycles. The van der Waals surface area contributed by atoms with E-state index in [0.717, 1.165) is 43.7 Å². The molecule has 0 spiro atoms. The smallest absolute Gasteiger partial charge is 0.121 e. The van der Waals surface area contributed by atoms with E-state index in [-0.39, 0.29) is 24.8 Å². The van der Waals surface area contributed by atoms with Gasteiger partial charge in [-0.2, -0.15) is 0 Å². The second-order valence-electron chi connectivity index (χ2n) is 5.21. The first-order valence-corrected chi connectivity index (χ1v) is 6.88. The fourth-order valence-electron chi connectivity index (χ4n) is 2.88. The van der Waals surface area contributed by atoms with Crippen LogP contribution in [0.15, 0.2) is 12.1 Å². The lowest BCUT2D eigenvalue weighted by molar-refractivity contribution is 0.169. The van der Waals surface area contributed by atoms with Crippen LogP contribution in [0.25, 0.3) is 0 Å². The maximum atomic E-state index is 9.87. The molecule has 0 saturated carbocycles. The molecule has 5 heteroatoms. The number of hydrogen-bond acceptors (Lipinski definition) is 3. The molecule has 1 aliphatic rings. The molecule has 3 nitrogen and oxygen atoms in total. The maximum Gasteiger partial charge on any atom is 0.121 e. The van der Waals surface area contributed by atoms with Crippen LogP contribution in [0.2, 0.25) is 0 Å². The predicted molar refractivity (Wildman–Crippen MR) is 89.6 cm³/mol. The van der Waals surface area contributed by atoms with Crippen LogP contribution >= 0.6 is 24.8 Å². The Balaban J connectivity index is 0.00000180. The van der Waals surface area contributed by atoms with Gasteiger partial charge in [0, 0.05) is 32.2 Å². The van der Waals surface area contributed by atoms with Gasteiger partial charge >= 0.3 is 0 Å². The van der Waals surface area contributed by atoms with E-state index in [0.29, 0.717) is 11.8 Å². The summed E-state index contributed by atoms with van der Waals surface area (Å²) in [5.41, 5.74) is 3.31. The van der Waals surface area contributed by atoms with Crippen LogP contribution in [0.5, 0.6) is 5.75 Å². The fraction of sp³-hybridized carbons (Fsp3) is 0.600. The first kappa shape index (κ1) is 19.5. The molecule has 1 atom stereocenters. The number of hydrogen-bond donors (Lipinski definition) is 2. The van der Waals surface area contributed by atoms with Crippen molar-refractivity contribution < 1.29 is 5.11 Å². The summed E-state index contributed by atoms with van der Waals surface area (Å²) < 4.78 is 0. The highest BCUT2D eigenvalue weighted by atomic mass is 35.5. The van der Waals surface area contributed by atoms with Crippen LogP contribution in [-0.4, -0.2) is 36.2 Å². The van der Waals surface area contributed by atoms with Crippen molar-refractivity contribution in [2.24, 2.45) is 0 Å². The molecule has 0 aromatic heterocycles. The van der Waals surface area contributed by atoms with E-state index < -0.39 is 0 Å². The molecule has 0 radical (unpaired) electrons. The van der Waals surface area contributed by atoms with Crippen LogP contribution in [0.3, 0.4) is 0 Å². The van der Waals surface area contributed by atoms with Crippen molar-refractivity contribution in [3.05, 3.63) is 28.8 Å². The molecule has 0 amide bonds. The third kappa shape index (κ3) is 4.26. The second kappa shape index (κ2) is 8.73. The Morgan fingerprint density at radius 2 is 1.65 bits per heavy atom. The van der Waals surface area contributed by atoms with Gasteiger partial charge in [-0.25, -0.2) is 0 Å². The summed E-state index contributed by atoms with van der Waals surface area (Å²) >= 11 is 0. The first-order chi connectivity index (χ1) is 8.63. The Morgan fingerprint density at radius 1 is 1.15 bits per heavy atom. The Bertz CT molecular complexity index is 397. The Labute approximate surface area is 134 Å². The van der Waals surface area contributed by atoms with Gasteiger partial charge in [-0.15, -0.1) is 24.8 Å². The third-order valence-corrected chi connectivity index (χ3v) is 3.88. The topological polar surface area (TPSA) is 35.5 Å². The maximum absolute atomic E-state index is 9.87. The van der Waals surface area contributed by atoms with Gasteiger partial charge in [-0.3, -0.25) is 4.90 Å². The normalized spacial score (nSPS) is 16.9. The number of phenolic OH excluding ortho intramolecular Hbond substituents is 1. The van der Waals surface area contributed by atoms with Gasteiger partial charge in [0.25, 0.3) is 0 Å². The fourth-order valence-corrected chi connectivity index (χ4v) is 2.88. The molecule has 20 heavy (non-hydrogen) atoms. The SMILES string of the molecule is CC[C@H](c1cc(C)c(O)c(C)c1)N1CCNCC1.Cl.Cl. The number of phenols is 1. The van der Waals surface area contributed by atoms with Crippen LogP contribution in [0.4, 0.5) is 0 Å². The quantitative estimate of drug-likeness (QED) is 0.897. The number of aryl methyl sites for hydroxylation is 2. The van der Waals surface area contributed by atoms with Crippen molar-refractivity contribution in [1.29, 1.82) is 0 Å². The van der Waals surface area contributed by atoms with E-state index in [9.17, 15) is 5.11 Å². The zero-order chi connectivity index (χ0) is 13.1. The molecule has 1 aromatic carbocycles. The van der Waals surface area contributed by atoms with Crippen LogP contribution in [0.1, 0.15) is 36.1 Å². The Morgan fingerprint density at radius 3 is 2.10 bits per heavy atom. The molecule has 0 aliphatic carbocycles. The third-order valence-electron chi connectivity index (χ3n) is 3.88. The second-order valence-corrected chi connectivity index (χ2v) is 5.21. The standard InChI is InChI=1S/C15H24N2O.2ClH/c1-4-14(17-7-5-16-6-8-17)13-9-11(2)15(18)12(3)10-13;;/h9-10,14,16,18H,4-8H2,1-3H3;2*1H/t14-;;/m1../s1. The van der Waals surface area contributed by atoms with E-state index in [1.165, 1.54) is 5.56 Å². The van der Waals surface area contributed by atoms with Gasteiger partial charge in [0.1, 0.15) is 5.75 Å². The molecule has 1 saturated heterocycles. The number of halogens is 2. The molecule has 1 aliphatic heterocycles. The number of nitrogens with zero attached hydrogens (tertiary/aromatic N) is 1. The summed E-state index contributed by atoms with van der Waals surface area (Å²) in [7, 11) is 0. The Kier molecular flexibility index (Phi) is 8.52. The molecule has 2 N–H and O–H groups in total. The average Bonchev–Trinajstić information content (AvgIpc) is 2.38. The number of benzene rings is 1. The highest BCUT2D eigenvalue weighted by Gasteiger charge is 2.21. The summed E-state index contributed by atoms with van der Waals surface area (Å²) in [4.78, 5) is 2.54. The van der Waals surface area contributed by atoms with Crippen LogP contribution in [-0.2, 0) is 0 Å². The largest absolute Gasteiger partial charge is 0.507 e. The first-order valence-electron chi connectivity index (χ1n) is 6.88. The van der Waals surface area contributed by atoms with Crippen molar-refractivity contribution in [3.63, 3.8) is 0 Å². The number of nitrogens with one attached hydrogen (secondary N) is 1. The molecular formula is C15H26Cl2N2O. The summed E-state index contributed by atoms with van der Waals surface area (Å²) in [6.45, 7) is 10.6. The van der Waals surface area contributed by atoms with Gasteiger partial charge in [0.15, 0.2) is 0 Å². The van der Waals surface area contributed by atoms with E-state index in [1.807, 2.05) is 13.8 Å². The minimum Gasteiger partial charge on any atom is -0.507 e. The van der Waals surface area contributed by atoms with Gasteiger partial charge in [-0.05, 0) is 37.0 Å². The lowest BCUT2D eigenvalue weighted by Gasteiger charge is -2.35. The summed E-state index contributed by atoms with van der Waals surface area (Å²) in [5, 5.41) is 13.3. The molecule has 2 rings (SSSR count). The summed E-state index contributed by atoms with van der Waals surface area (Å²) in [6, 6.07) is 4.75. The van der Waals surface area contributed by atoms with E-state index in [4.69, 9.17) is 0 Å². The number of rotatable bonds is 3. The van der Waals surface area contributed by atoms with Gasteiger partial charge in [-0.1, -0.05) is 19.1 Å². The van der Waals surface area contributed by atoms with Crippen molar-refractivity contribution in [3.8, 4) is 5.75 Å². The number of aromatic hydroxyl groups is 1. The average molecular weight is 321 g/mol. The zero-order valence-corrected chi connectivity index (χ0v) is 14.1. The Hall–Kier alpha value is -0.480. The van der Waals surface area contributed by atoms with Crippen LogP contribution in [0, 0.1) is 13.8 Å². The minimum absolute atomic E-state index is 0. The van der Waals surface area contributed by atoms with E-state index >= 15 is 0 Å². The molecular weight excluding hydrogens is 295 g/mol. The lowest BCUT2D eigenvalue weighted by Crippen LogP contribution is -2.45. The molecule has 1 fully saturated rings. The van der Waals surface area contributed by atoms with Crippen molar-refractivity contribution in [2.75, 3.05) is 26.2 Å². The predicted octanol–water partition coefficient (Wildman–Crippen LogP) is 3.21. The van der Waals surface area contributed by atoms with Gasteiger partial charge in [0.05, 0.1) is 0 Å². The van der Waals surface area contributed by atoms with Gasteiger partial charge < -0.3 is 10.4 Å². The monoisotopic (exact) mass is 320 g/mol. The molecule has 1 aromatic rings. The van der Waals surface area contributed by atoms with Crippen molar-refractivity contribution >= 4 is 24.8 Å². The summed E-state index contributed by atoms with van der Waals surface area (Å²) in [6.07, 6.45) is 1.11. The highest BCUT2D eigenvalue weighted by Crippen LogP contribution is 2.30. The highest BCUT2D eigenvalue weighted by molar-refractivity contribution is 5.85. The van der Waals surface area contributed by atoms with Crippen molar-refractivity contribution in [2.45, 2.75) is 33.2 Å². The minimum atomic E-state index is 0. The van der Waals surface area contributed by atoms with E-state index in [1.54, 1.807) is 0 Å².